The summed E-state index contributed by atoms with van der Waals surface area (Å²) in [6.45, 7) is 0. The van der Waals surface area contributed by atoms with E-state index in [1.165, 1.54) is 0 Å². The van der Waals surface area contributed by atoms with Gasteiger partial charge in [-0.2, -0.15) is 0 Å². The summed E-state index contributed by atoms with van der Waals surface area (Å²) in [6, 6.07) is 0. The molecule has 0 radical (unpaired) electrons. The first-order valence-corrected chi connectivity index (χ1v) is 0.651. The Kier molecular flexibility index (Phi) is 57.3. The number of carbonyl (C=O) groups is 1. The minimum Gasteiger partial charge on any atom is -0.450 e. The first-order valence-electron chi connectivity index (χ1n) is 0.651. The zero-order chi connectivity index (χ0) is 3.58. The second-order valence-corrected chi connectivity index (χ2v) is 0.283. The Labute approximate surface area is 71.2 Å². The van der Waals surface area contributed by atoms with Crippen LogP contribution in [0.25, 0.3) is 0 Å². The molecule has 0 amide bonds. The summed E-state index contributed by atoms with van der Waals surface area (Å²) in [5, 5.41) is 13.9. The molecule has 0 atom stereocenters. The Balaban J connectivity index is -0.0000000150. The maximum Gasteiger partial charge on any atom is 0.503 e. The number of rotatable bonds is 0. The molecule has 0 aromatic heterocycles. The van der Waals surface area contributed by atoms with Gasteiger partial charge < -0.3 is 15.7 Å². The molecular weight excluding hydrogens is 148 g/mol. The SMILES string of the molecule is O.O=C(O)O.[MgH2].[Ti]. The first-order chi connectivity index (χ1) is 1.73. The minimum absolute atomic E-state index is 0. The molecule has 0 unspecified atom stereocenters. The van der Waals surface area contributed by atoms with Gasteiger partial charge in [0.25, 0.3) is 0 Å². The average molecular weight is 154 g/mol. The third-order valence-corrected chi connectivity index (χ3v) is 0. The fourth-order valence-corrected chi connectivity index (χ4v) is 0. The van der Waals surface area contributed by atoms with Crippen LogP contribution in [0.3, 0.4) is 0 Å². The summed E-state index contributed by atoms with van der Waals surface area (Å²) < 4.78 is 0. The summed E-state index contributed by atoms with van der Waals surface area (Å²) in [5.74, 6) is 0. The molecule has 0 aromatic carbocycles. The normalized spacial score (nSPS) is 3.43. The van der Waals surface area contributed by atoms with Crippen LogP contribution in [0.4, 0.5) is 4.79 Å². The van der Waals surface area contributed by atoms with Gasteiger partial charge in [0, 0.05) is 21.7 Å². The molecule has 0 aliphatic carbocycles. The number of hydrogen-bond acceptors (Lipinski definition) is 1. The van der Waals surface area contributed by atoms with Crippen LogP contribution in [-0.2, 0) is 21.7 Å². The zero-order valence-electron chi connectivity index (χ0n) is 2.80. The minimum atomic E-state index is -1.83. The largest absolute Gasteiger partial charge is 0.503 e. The van der Waals surface area contributed by atoms with Crippen LogP contribution < -0.4 is 0 Å². The Bertz CT molecular complexity index is 34.7. The second kappa shape index (κ2) is 15.9. The van der Waals surface area contributed by atoms with Crippen molar-refractivity contribution in [3.05, 3.63) is 0 Å². The predicted molar refractivity (Wildman–Crippen MR) is 22.8 cm³/mol. The Hall–Kier alpha value is 0.711. The number of carboxylic acid groups (broad SMARTS) is 2. The quantitative estimate of drug-likeness (QED) is 0.415. The van der Waals surface area contributed by atoms with Crippen molar-refractivity contribution in [2.75, 3.05) is 0 Å². The van der Waals surface area contributed by atoms with Gasteiger partial charge in [0.1, 0.15) is 0 Å². The summed E-state index contributed by atoms with van der Waals surface area (Å²) in [5.41, 5.74) is 0. The van der Waals surface area contributed by atoms with E-state index >= 15 is 0 Å². The molecule has 0 saturated heterocycles. The van der Waals surface area contributed by atoms with Gasteiger partial charge in [-0.25, -0.2) is 4.79 Å². The van der Waals surface area contributed by atoms with Crippen LogP contribution in [0, 0.1) is 0 Å². The van der Waals surface area contributed by atoms with Crippen molar-refractivity contribution in [3.8, 4) is 0 Å². The van der Waals surface area contributed by atoms with Crippen molar-refractivity contribution >= 4 is 29.2 Å². The van der Waals surface area contributed by atoms with Gasteiger partial charge in [0.2, 0.25) is 0 Å². The molecule has 6 heteroatoms. The van der Waals surface area contributed by atoms with E-state index in [1.54, 1.807) is 0 Å². The topological polar surface area (TPSA) is 89.0 Å². The summed E-state index contributed by atoms with van der Waals surface area (Å²) in [7, 11) is 0. The Morgan fingerprint density at radius 1 is 1.29 bits per heavy atom. The van der Waals surface area contributed by atoms with Gasteiger partial charge in [0.05, 0.1) is 0 Å². The van der Waals surface area contributed by atoms with E-state index in [-0.39, 0.29) is 50.2 Å². The van der Waals surface area contributed by atoms with Crippen LogP contribution in [-0.4, -0.2) is 44.9 Å². The fraction of sp³-hybridized carbons (Fsp3) is 0. The van der Waals surface area contributed by atoms with E-state index in [1.807, 2.05) is 0 Å². The van der Waals surface area contributed by atoms with Crippen LogP contribution in [0.2, 0.25) is 0 Å². The van der Waals surface area contributed by atoms with E-state index in [2.05, 4.69) is 0 Å². The first kappa shape index (κ1) is 25.2. The molecule has 40 valence electrons. The molecule has 4 nitrogen and oxygen atoms in total. The standard InChI is InChI=1S/CH2O3.Mg.H2O.Ti.2H/c2-1(3)4;;;;;/h(H2,2,3,4);;1H2;;;. The molecule has 0 saturated carbocycles. The van der Waals surface area contributed by atoms with Crippen molar-refractivity contribution in [1.82, 2.24) is 0 Å². The van der Waals surface area contributed by atoms with E-state index in [4.69, 9.17) is 15.0 Å². The molecule has 0 spiro atoms. The van der Waals surface area contributed by atoms with Crippen LogP contribution >= 0.6 is 0 Å². The maximum absolute atomic E-state index is 8.56. The van der Waals surface area contributed by atoms with Crippen LogP contribution in [0.15, 0.2) is 0 Å². The van der Waals surface area contributed by atoms with Gasteiger partial charge in [0.15, 0.2) is 0 Å². The molecule has 4 N–H and O–H groups in total. The molecular formula is CH6MgO4Ti. The van der Waals surface area contributed by atoms with Gasteiger partial charge >= 0.3 is 29.2 Å². The average Bonchev–Trinajstić information content (AvgIpc) is 0.811. The van der Waals surface area contributed by atoms with Crippen molar-refractivity contribution in [2.45, 2.75) is 0 Å². The molecule has 0 rings (SSSR count). The van der Waals surface area contributed by atoms with E-state index < -0.39 is 6.16 Å². The predicted octanol–water partition coefficient (Wildman–Crippen LogP) is -1.52. The maximum atomic E-state index is 8.56. The molecule has 0 aromatic rings. The van der Waals surface area contributed by atoms with Crippen molar-refractivity contribution in [3.63, 3.8) is 0 Å². The van der Waals surface area contributed by atoms with Gasteiger partial charge in [-0.1, -0.05) is 0 Å². The van der Waals surface area contributed by atoms with Gasteiger partial charge in [-0.15, -0.1) is 0 Å². The van der Waals surface area contributed by atoms with E-state index in [9.17, 15) is 0 Å². The Morgan fingerprint density at radius 3 is 1.29 bits per heavy atom. The molecule has 0 fully saturated rings. The van der Waals surface area contributed by atoms with Crippen LogP contribution in [0.5, 0.6) is 0 Å². The third kappa shape index (κ3) is 295. The van der Waals surface area contributed by atoms with Gasteiger partial charge in [-0.05, 0) is 0 Å². The van der Waals surface area contributed by atoms with Crippen molar-refractivity contribution in [1.29, 1.82) is 0 Å². The zero-order valence-corrected chi connectivity index (χ0v) is 4.36. The Morgan fingerprint density at radius 2 is 1.29 bits per heavy atom. The summed E-state index contributed by atoms with van der Waals surface area (Å²) in [6.07, 6.45) is -1.83. The van der Waals surface area contributed by atoms with Crippen molar-refractivity contribution in [2.24, 2.45) is 0 Å². The molecule has 7 heavy (non-hydrogen) atoms. The summed E-state index contributed by atoms with van der Waals surface area (Å²) in [4.78, 5) is 8.56. The molecule has 0 bridgehead atoms. The summed E-state index contributed by atoms with van der Waals surface area (Å²) >= 11 is 0. The number of hydrogen-bond donors (Lipinski definition) is 2. The molecule has 0 aliphatic heterocycles. The second-order valence-electron chi connectivity index (χ2n) is 0.283. The van der Waals surface area contributed by atoms with Gasteiger partial charge in [-0.3, -0.25) is 0 Å². The smallest absolute Gasteiger partial charge is 0.450 e. The molecule has 0 aliphatic rings. The molecule has 0 heterocycles. The van der Waals surface area contributed by atoms with E-state index in [0.29, 0.717) is 0 Å². The fourth-order valence-electron chi connectivity index (χ4n) is 0. The van der Waals surface area contributed by atoms with E-state index in [0.717, 1.165) is 0 Å². The van der Waals surface area contributed by atoms with Crippen molar-refractivity contribution < 1.29 is 42.2 Å². The monoisotopic (exact) mass is 154 g/mol. The third-order valence-electron chi connectivity index (χ3n) is 0. The van der Waals surface area contributed by atoms with Crippen LogP contribution in [0.1, 0.15) is 0 Å².